The first-order valence-corrected chi connectivity index (χ1v) is 16.0. The molecule has 0 N–H and O–H groups in total. The molecule has 0 atom stereocenters. The Labute approximate surface area is 299 Å². The molecule has 10 aromatic rings. The predicted octanol–water partition coefficient (Wildman–Crippen LogP) is 13.7. The lowest BCUT2D eigenvalue weighted by atomic mass is 9.85. The average molecular weight is 634 g/mol. The summed E-state index contributed by atoms with van der Waals surface area (Å²) in [4.78, 5) is 0. The van der Waals surface area contributed by atoms with Gasteiger partial charge in [0.05, 0.1) is 15.1 Å². The molecule has 0 aliphatic carbocycles. The molecule has 0 aliphatic rings. The van der Waals surface area contributed by atoms with Gasteiger partial charge in [0.2, 0.25) is 0 Å². The Morgan fingerprint density at radius 2 is 0.939 bits per heavy atom. The first-order chi connectivity index (χ1) is 28.9. The summed E-state index contributed by atoms with van der Waals surface area (Å²) >= 11 is 0. The van der Waals surface area contributed by atoms with Gasteiger partial charge in [-0.05, 0) is 101 Å². The van der Waals surface area contributed by atoms with Crippen molar-refractivity contribution >= 4 is 54.3 Å². The van der Waals surface area contributed by atoms with Crippen LogP contribution < -0.4 is 0 Å². The van der Waals surface area contributed by atoms with E-state index in [1.807, 2.05) is 60.7 Å². The summed E-state index contributed by atoms with van der Waals surface area (Å²) in [6, 6.07) is 32.7. The van der Waals surface area contributed by atoms with Crippen LogP contribution in [0.2, 0.25) is 0 Å². The lowest BCUT2D eigenvalue weighted by molar-refractivity contribution is 0.669. The largest absolute Gasteiger partial charge is 0.456 e. The molecule has 0 radical (unpaired) electrons. The fraction of sp³-hybridized carbons (Fsp3) is 0. The molecule has 1 nitrogen and oxygen atoms in total. The van der Waals surface area contributed by atoms with Gasteiger partial charge >= 0.3 is 0 Å². The quantitative estimate of drug-likeness (QED) is 0.176. The van der Waals surface area contributed by atoms with Crippen LogP contribution in [0.3, 0.4) is 0 Å². The monoisotopic (exact) mass is 633 g/mol. The summed E-state index contributed by atoms with van der Waals surface area (Å²) in [5, 5.41) is 5.37. The summed E-state index contributed by atoms with van der Waals surface area (Å²) in [7, 11) is 0. The van der Waals surface area contributed by atoms with Crippen molar-refractivity contribution in [1.82, 2.24) is 0 Å². The Bertz CT molecular complexity index is 3410. The maximum Gasteiger partial charge on any atom is 0.136 e. The van der Waals surface area contributed by atoms with Crippen LogP contribution in [0.15, 0.2) is 186 Å². The Hall–Kier alpha value is -6.44. The van der Waals surface area contributed by atoms with Crippen LogP contribution in [-0.4, -0.2) is 0 Å². The standard InChI is InChI=1S/C48H30O/c1-2-11-31(12-3-1)35-25-27-39-44-29-36(26-28-45(44)49-46(39)30-35)48-42-18-8-6-16-40(42)47(41-17-7-9-19-43(41)48)34-23-21-33(22-24-34)38-20-10-14-32-13-4-5-15-37(32)38/h1-30H/i1D,2D,3D,11D,12D,25D,26D,27D,28D,29D,30D. The van der Waals surface area contributed by atoms with E-state index in [1.165, 1.54) is 0 Å². The van der Waals surface area contributed by atoms with Gasteiger partial charge in [-0.15, -0.1) is 0 Å². The smallest absolute Gasteiger partial charge is 0.136 e. The van der Waals surface area contributed by atoms with E-state index in [-0.39, 0.29) is 45.6 Å². The number of hydrogen-bond acceptors (Lipinski definition) is 1. The normalized spacial score (nSPS) is 14.8. The van der Waals surface area contributed by atoms with E-state index in [1.54, 1.807) is 0 Å². The van der Waals surface area contributed by atoms with Gasteiger partial charge < -0.3 is 4.42 Å². The van der Waals surface area contributed by atoms with Crippen LogP contribution >= 0.6 is 0 Å². The van der Waals surface area contributed by atoms with Crippen molar-refractivity contribution in [1.29, 1.82) is 0 Å². The molecule has 0 unspecified atom stereocenters. The first kappa shape index (κ1) is 18.8. The second-order valence-electron chi connectivity index (χ2n) is 12.0. The van der Waals surface area contributed by atoms with E-state index in [0.29, 0.717) is 5.56 Å². The SMILES string of the molecule is [2H]c1c([2H])c([2H])c(-c2c([2H])c([2H])c3c(oc4c([2H])c([2H])c(-c5c6ccccc6c(-c6ccc(-c7cccc8ccccc78)cc6)c6ccccc56)c([2H])c43)c2[2H])c([2H])c1[2H]. The van der Waals surface area contributed by atoms with Gasteiger partial charge in [-0.2, -0.15) is 0 Å². The Morgan fingerprint density at radius 1 is 0.347 bits per heavy atom. The summed E-state index contributed by atoms with van der Waals surface area (Å²) in [6.07, 6.45) is 0. The predicted molar refractivity (Wildman–Crippen MR) is 208 cm³/mol. The van der Waals surface area contributed by atoms with Gasteiger partial charge in [0.15, 0.2) is 0 Å². The van der Waals surface area contributed by atoms with Gasteiger partial charge in [0, 0.05) is 10.8 Å². The molecule has 9 aromatic carbocycles. The number of benzene rings is 9. The minimum Gasteiger partial charge on any atom is -0.456 e. The average Bonchev–Trinajstić information content (AvgIpc) is 3.69. The van der Waals surface area contributed by atoms with Crippen molar-refractivity contribution in [2.45, 2.75) is 0 Å². The summed E-state index contributed by atoms with van der Waals surface area (Å²) < 4.78 is 103. The van der Waals surface area contributed by atoms with Crippen molar-refractivity contribution in [3.05, 3.63) is 182 Å². The van der Waals surface area contributed by atoms with Gasteiger partial charge in [0.1, 0.15) is 11.2 Å². The molecule has 1 heteroatoms. The molecule has 1 heterocycles. The molecular formula is C48H30O. The lowest BCUT2D eigenvalue weighted by Crippen LogP contribution is -1.91. The second kappa shape index (κ2) is 11.1. The second-order valence-corrected chi connectivity index (χ2v) is 12.0. The van der Waals surface area contributed by atoms with E-state index in [4.69, 9.17) is 14.0 Å². The third-order valence-corrected chi connectivity index (χ3v) is 9.22. The molecule has 0 bridgehead atoms. The molecule has 0 amide bonds. The lowest BCUT2D eigenvalue weighted by Gasteiger charge is -2.18. The fourth-order valence-corrected chi connectivity index (χ4v) is 7.02. The van der Waals surface area contributed by atoms with Crippen LogP contribution in [0.25, 0.3) is 98.8 Å². The molecule has 1 aromatic heterocycles. The summed E-state index contributed by atoms with van der Waals surface area (Å²) in [5.74, 6) is 0. The van der Waals surface area contributed by atoms with Gasteiger partial charge in [-0.1, -0.05) is 158 Å². The highest BCUT2D eigenvalue weighted by molar-refractivity contribution is 6.22. The summed E-state index contributed by atoms with van der Waals surface area (Å²) in [5.41, 5.74) is 3.44. The van der Waals surface area contributed by atoms with Crippen molar-refractivity contribution < 1.29 is 19.5 Å². The Kier molecular flexibility index (Phi) is 4.25. The number of hydrogen-bond donors (Lipinski definition) is 0. The molecule has 49 heavy (non-hydrogen) atoms. The molecule has 0 fully saturated rings. The van der Waals surface area contributed by atoms with E-state index in [2.05, 4.69) is 54.6 Å². The molecule has 0 spiro atoms. The van der Waals surface area contributed by atoms with E-state index < -0.39 is 59.5 Å². The minimum absolute atomic E-state index is 0.0260. The number of fused-ring (bicyclic) bond motifs is 6. The topological polar surface area (TPSA) is 13.1 Å². The summed E-state index contributed by atoms with van der Waals surface area (Å²) in [6.45, 7) is 0. The van der Waals surface area contributed by atoms with Crippen LogP contribution in [-0.2, 0) is 0 Å². The van der Waals surface area contributed by atoms with Crippen molar-refractivity contribution in [2.75, 3.05) is 0 Å². The van der Waals surface area contributed by atoms with Crippen molar-refractivity contribution in [3.8, 4) is 44.5 Å². The van der Waals surface area contributed by atoms with Crippen molar-refractivity contribution in [2.24, 2.45) is 0 Å². The molecular weight excluding hydrogens is 593 g/mol. The third-order valence-electron chi connectivity index (χ3n) is 9.22. The Morgan fingerprint density at radius 3 is 1.65 bits per heavy atom. The zero-order chi connectivity index (χ0) is 41.9. The number of rotatable bonds is 4. The molecule has 0 saturated heterocycles. The van der Waals surface area contributed by atoms with Gasteiger partial charge in [-0.3, -0.25) is 0 Å². The first-order valence-electron chi connectivity index (χ1n) is 21.5. The zero-order valence-electron chi connectivity index (χ0n) is 36.9. The fourth-order valence-electron chi connectivity index (χ4n) is 7.02. The maximum atomic E-state index is 9.75. The van der Waals surface area contributed by atoms with E-state index in [0.717, 1.165) is 54.6 Å². The maximum absolute atomic E-state index is 9.75. The van der Waals surface area contributed by atoms with Gasteiger partial charge in [0.25, 0.3) is 0 Å². The molecule has 228 valence electrons. The number of furan rings is 1. The zero-order valence-corrected chi connectivity index (χ0v) is 25.9. The molecule has 10 rings (SSSR count). The highest BCUT2D eigenvalue weighted by atomic mass is 16.3. The van der Waals surface area contributed by atoms with Crippen LogP contribution in [0, 0.1) is 0 Å². The van der Waals surface area contributed by atoms with E-state index >= 15 is 0 Å². The van der Waals surface area contributed by atoms with Crippen LogP contribution in [0.4, 0.5) is 0 Å². The third kappa shape index (κ3) is 4.47. The van der Waals surface area contributed by atoms with Crippen LogP contribution in [0.5, 0.6) is 0 Å². The van der Waals surface area contributed by atoms with Crippen molar-refractivity contribution in [3.63, 3.8) is 0 Å². The Balaban J connectivity index is 1.23. The minimum atomic E-state index is -0.658. The van der Waals surface area contributed by atoms with E-state index in [9.17, 15) is 5.48 Å². The highest BCUT2D eigenvalue weighted by Crippen LogP contribution is 2.45. The van der Waals surface area contributed by atoms with Crippen LogP contribution in [0.1, 0.15) is 15.1 Å². The van der Waals surface area contributed by atoms with Gasteiger partial charge in [-0.25, -0.2) is 0 Å². The molecule has 0 saturated carbocycles. The molecule has 0 aliphatic heterocycles. The highest BCUT2D eigenvalue weighted by Gasteiger charge is 2.18.